The van der Waals surface area contributed by atoms with Crippen LogP contribution in [0, 0.1) is 13.8 Å². The lowest BCUT2D eigenvalue weighted by Crippen LogP contribution is -2.49. The number of aryl methyl sites for hydroxylation is 2. The van der Waals surface area contributed by atoms with Gasteiger partial charge in [-0.1, -0.05) is 0 Å². The average molecular weight is 314 g/mol. The molecule has 0 atom stereocenters. The standard InChI is InChI=1S/C15H18N6O2/c1-10-9-11(2)17-15(16-10)21-7-5-20(6-8-21)14(23)12-3-4-13(22)19-18-12/h3-4,9H,5-8H2,1-2H3,(H,19,22). The van der Waals surface area contributed by atoms with Gasteiger partial charge in [-0.25, -0.2) is 15.1 Å². The van der Waals surface area contributed by atoms with Crippen LogP contribution in [0.25, 0.3) is 0 Å². The Morgan fingerprint density at radius 1 is 1.09 bits per heavy atom. The quantitative estimate of drug-likeness (QED) is 0.847. The number of hydrogen-bond donors (Lipinski definition) is 1. The number of nitrogens with zero attached hydrogens (tertiary/aromatic N) is 5. The van der Waals surface area contributed by atoms with Crippen LogP contribution in [0.5, 0.6) is 0 Å². The molecule has 2 aromatic rings. The summed E-state index contributed by atoms with van der Waals surface area (Å²) in [6.45, 7) is 6.35. The van der Waals surface area contributed by atoms with Crippen molar-refractivity contribution in [3.8, 4) is 0 Å². The number of anilines is 1. The molecule has 1 saturated heterocycles. The topological polar surface area (TPSA) is 95.1 Å². The molecule has 0 radical (unpaired) electrons. The van der Waals surface area contributed by atoms with E-state index in [0.717, 1.165) is 11.4 Å². The van der Waals surface area contributed by atoms with Crippen LogP contribution in [0.1, 0.15) is 21.9 Å². The first-order valence-electron chi connectivity index (χ1n) is 7.45. The van der Waals surface area contributed by atoms with E-state index in [9.17, 15) is 9.59 Å². The largest absolute Gasteiger partial charge is 0.337 e. The maximum Gasteiger partial charge on any atom is 0.274 e. The van der Waals surface area contributed by atoms with Crippen molar-refractivity contribution in [1.82, 2.24) is 25.1 Å². The van der Waals surface area contributed by atoms with Crippen molar-refractivity contribution in [2.75, 3.05) is 31.1 Å². The first-order valence-corrected chi connectivity index (χ1v) is 7.45. The third kappa shape index (κ3) is 3.36. The highest BCUT2D eigenvalue weighted by Gasteiger charge is 2.24. The van der Waals surface area contributed by atoms with E-state index in [1.54, 1.807) is 4.90 Å². The molecule has 1 aliphatic rings. The van der Waals surface area contributed by atoms with Gasteiger partial charge >= 0.3 is 0 Å². The lowest BCUT2D eigenvalue weighted by atomic mass is 10.2. The van der Waals surface area contributed by atoms with Crippen LogP contribution in [0.4, 0.5) is 5.95 Å². The van der Waals surface area contributed by atoms with E-state index in [4.69, 9.17) is 0 Å². The highest BCUT2D eigenvalue weighted by atomic mass is 16.2. The van der Waals surface area contributed by atoms with E-state index < -0.39 is 0 Å². The van der Waals surface area contributed by atoms with Crippen molar-refractivity contribution in [3.05, 3.63) is 45.6 Å². The van der Waals surface area contributed by atoms with Gasteiger partial charge in [-0.15, -0.1) is 0 Å². The number of rotatable bonds is 2. The van der Waals surface area contributed by atoms with E-state index in [1.807, 2.05) is 19.9 Å². The Labute approximate surface area is 133 Å². The summed E-state index contributed by atoms with van der Waals surface area (Å²) in [5, 5.41) is 6.07. The fraction of sp³-hybridized carbons (Fsp3) is 0.400. The van der Waals surface area contributed by atoms with Gasteiger partial charge in [0.05, 0.1) is 0 Å². The summed E-state index contributed by atoms with van der Waals surface area (Å²) in [5.41, 5.74) is 1.80. The van der Waals surface area contributed by atoms with Gasteiger partial charge in [0, 0.05) is 43.6 Å². The van der Waals surface area contributed by atoms with Crippen LogP contribution >= 0.6 is 0 Å². The third-order valence-electron chi connectivity index (χ3n) is 3.72. The minimum absolute atomic E-state index is 0.178. The molecule has 8 nitrogen and oxygen atoms in total. The van der Waals surface area contributed by atoms with E-state index in [-0.39, 0.29) is 17.2 Å². The number of aromatic nitrogens is 4. The predicted molar refractivity (Wildman–Crippen MR) is 84.5 cm³/mol. The van der Waals surface area contributed by atoms with Gasteiger partial charge in [0.1, 0.15) is 5.69 Å². The van der Waals surface area contributed by atoms with E-state index in [2.05, 4.69) is 25.1 Å². The molecule has 23 heavy (non-hydrogen) atoms. The smallest absolute Gasteiger partial charge is 0.274 e. The minimum Gasteiger partial charge on any atom is -0.337 e. The Morgan fingerprint density at radius 2 is 1.74 bits per heavy atom. The molecule has 120 valence electrons. The van der Waals surface area contributed by atoms with Crippen LogP contribution in [0.3, 0.4) is 0 Å². The van der Waals surface area contributed by atoms with Crippen molar-refractivity contribution < 1.29 is 4.79 Å². The predicted octanol–water partition coefficient (Wildman–Crippen LogP) is 0.139. The van der Waals surface area contributed by atoms with Crippen LogP contribution < -0.4 is 10.5 Å². The SMILES string of the molecule is Cc1cc(C)nc(N2CCN(C(=O)c3ccc(=O)[nH]n3)CC2)n1. The number of hydrogen-bond acceptors (Lipinski definition) is 6. The second-order valence-corrected chi connectivity index (χ2v) is 5.54. The average Bonchev–Trinajstić information content (AvgIpc) is 2.54. The molecule has 0 bridgehead atoms. The fourth-order valence-corrected chi connectivity index (χ4v) is 2.58. The second-order valence-electron chi connectivity index (χ2n) is 5.54. The molecule has 0 spiro atoms. The molecule has 0 unspecified atom stereocenters. The number of aromatic amines is 1. The van der Waals surface area contributed by atoms with Crippen molar-refractivity contribution in [1.29, 1.82) is 0 Å². The Balaban J connectivity index is 1.67. The number of piperazine rings is 1. The summed E-state index contributed by atoms with van der Waals surface area (Å²) in [5.74, 6) is 0.527. The second kappa shape index (κ2) is 6.15. The Morgan fingerprint density at radius 3 is 2.30 bits per heavy atom. The van der Waals surface area contributed by atoms with Gasteiger partial charge in [-0.05, 0) is 26.0 Å². The van der Waals surface area contributed by atoms with Crippen LogP contribution in [-0.2, 0) is 0 Å². The molecule has 1 aliphatic heterocycles. The molecular weight excluding hydrogens is 296 g/mol. The summed E-state index contributed by atoms with van der Waals surface area (Å²) in [6, 6.07) is 4.69. The van der Waals surface area contributed by atoms with Gasteiger partial charge in [0.15, 0.2) is 0 Å². The summed E-state index contributed by atoms with van der Waals surface area (Å²) in [7, 11) is 0. The van der Waals surface area contributed by atoms with Gasteiger partial charge in [0.2, 0.25) is 5.95 Å². The molecule has 1 N–H and O–H groups in total. The van der Waals surface area contributed by atoms with Gasteiger partial charge in [-0.2, -0.15) is 5.10 Å². The summed E-state index contributed by atoms with van der Waals surface area (Å²) >= 11 is 0. The molecule has 0 aliphatic carbocycles. The Hall–Kier alpha value is -2.77. The Bertz CT molecular complexity index is 739. The fourth-order valence-electron chi connectivity index (χ4n) is 2.58. The molecule has 1 amide bonds. The number of nitrogens with one attached hydrogen (secondary N) is 1. The lowest BCUT2D eigenvalue weighted by molar-refractivity contribution is 0.0739. The maximum absolute atomic E-state index is 12.4. The summed E-state index contributed by atoms with van der Waals surface area (Å²) < 4.78 is 0. The third-order valence-corrected chi connectivity index (χ3v) is 3.72. The number of carbonyl (C=O) groups is 1. The van der Waals surface area contributed by atoms with Crippen LogP contribution in [-0.4, -0.2) is 57.2 Å². The highest BCUT2D eigenvalue weighted by Crippen LogP contribution is 2.14. The van der Waals surface area contributed by atoms with Crippen molar-refractivity contribution in [3.63, 3.8) is 0 Å². The van der Waals surface area contributed by atoms with E-state index >= 15 is 0 Å². The lowest BCUT2D eigenvalue weighted by Gasteiger charge is -2.34. The summed E-state index contributed by atoms with van der Waals surface area (Å²) in [4.78, 5) is 36.1. The molecule has 3 rings (SSSR count). The molecule has 0 aromatic carbocycles. The van der Waals surface area contributed by atoms with Gasteiger partial charge in [-0.3, -0.25) is 9.59 Å². The molecule has 3 heterocycles. The molecule has 0 saturated carbocycles. The molecule has 8 heteroatoms. The highest BCUT2D eigenvalue weighted by molar-refractivity contribution is 5.92. The van der Waals surface area contributed by atoms with E-state index in [0.29, 0.717) is 32.1 Å². The van der Waals surface area contributed by atoms with Gasteiger partial charge in [0.25, 0.3) is 11.5 Å². The number of carbonyl (C=O) groups excluding carboxylic acids is 1. The zero-order valence-electron chi connectivity index (χ0n) is 13.1. The summed E-state index contributed by atoms with van der Waals surface area (Å²) in [6.07, 6.45) is 0. The number of H-pyrrole nitrogens is 1. The van der Waals surface area contributed by atoms with Crippen molar-refractivity contribution >= 4 is 11.9 Å². The Kier molecular flexibility index (Phi) is 4.05. The van der Waals surface area contributed by atoms with E-state index in [1.165, 1.54) is 12.1 Å². The first-order chi connectivity index (χ1) is 11.0. The van der Waals surface area contributed by atoms with Gasteiger partial charge < -0.3 is 9.80 Å². The normalized spacial score (nSPS) is 14.9. The molecule has 2 aromatic heterocycles. The van der Waals surface area contributed by atoms with Crippen molar-refractivity contribution in [2.24, 2.45) is 0 Å². The molecular formula is C15H18N6O2. The maximum atomic E-state index is 12.4. The first kappa shape index (κ1) is 15.1. The zero-order valence-corrected chi connectivity index (χ0v) is 13.1. The van der Waals surface area contributed by atoms with Crippen LogP contribution in [0.15, 0.2) is 23.0 Å². The number of amides is 1. The van der Waals surface area contributed by atoms with Crippen LogP contribution in [0.2, 0.25) is 0 Å². The monoisotopic (exact) mass is 314 g/mol. The molecule has 1 fully saturated rings. The van der Waals surface area contributed by atoms with Crippen molar-refractivity contribution in [2.45, 2.75) is 13.8 Å². The zero-order chi connectivity index (χ0) is 16.4. The minimum atomic E-state index is -0.321.